The van der Waals surface area contributed by atoms with Gasteiger partial charge in [0.1, 0.15) is 5.75 Å². The lowest BCUT2D eigenvalue weighted by Crippen LogP contribution is -2.30. The van der Waals surface area contributed by atoms with E-state index in [0.29, 0.717) is 12.3 Å². The zero-order chi connectivity index (χ0) is 16.2. The number of benzene rings is 3. The van der Waals surface area contributed by atoms with Crippen LogP contribution >= 0.6 is 0 Å². The first-order valence-corrected chi connectivity index (χ1v) is 7.85. The summed E-state index contributed by atoms with van der Waals surface area (Å²) in [4.78, 5) is 2.19. The van der Waals surface area contributed by atoms with E-state index in [1.54, 1.807) is 6.07 Å². The number of hydrogen-bond donors (Lipinski definition) is 2. The van der Waals surface area contributed by atoms with Gasteiger partial charge in [0.15, 0.2) is 0 Å². The van der Waals surface area contributed by atoms with Crippen LogP contribution in [0.1, 0.15) is 17.2 Å². The van der Waals surface area contributed by atoms with E-state index in [0.717, 1.165) is 22.9 Å². The molecule has 1 unspecified atom stereocenters. The molecule has 118 valence electrons. The van der Waals surface area contributed by atoms with Crippen LogP contribution in [0.15, 0.2) is 66.7 Å². The molecule has 0 amide bonds. The fourth-order valence-corrected chi connectivity index (χ4v) is 3.13. The zero-order valence-electron chi connectivity index (χ0n) is 13.3. The minimum atomic E-state index is -0.0405. The Morgan fingerprint density at radius 3 is 2.39 bits per heavy atom. The molecule has 23 heavy (non-hydrogen) atoms. The topological polar surface area (TPSA) is 49.5 Å². The molecule has 0 radical (unpaired) electrons. The molecule has 0 saturated carbocycles. The van der Waals surface area contributed by atoms with Gasteiger partial charge < -0.3 is 10.8 Å². The van der Waals surface area contributed by atoms with Crippen molar-refractivity contribution in [3.8, 4) is 5.75 Å². The van der Waals surface area contributed by atoms with Crippen LogP contribution in [0.4, 0.5) is 0 Å². The summed E-state index contributed by atoms with van der Waals surface area (Å²) in [5.41, 5.74) is 8.20. The molecule has 1 atom stereocenters. The van der Waals surface area contributed by atoms with Crippen LogP contribution < -0.4 is 5.73 Å². The zero-order valence-corrected chi connectivity index (χ0v) is 13.3. The Morgan fingerprint density at radius 2 is 1.65 bits per heavy atom. The highest BCUT2D eigenvalue weighted by Crippen LogP contribution is 2.34. The Labute approximate surface area is 137 Å². The van der Waals surface area contributed by atoms with Crippen molar-refractivity contribution in [3.05, 3.63) is 77.9 Å². The van der Waals surface area contributed by atoms with Crippen LogP contribution in [-0.2, 0) is 6.54 Å². The van der Waals surface area contributed by atoms with Crippen molar-refractivity contribution < 1.29 is 5.11 Å². The lowest BCUT2D eigenvalue weighted by molar-refractivity contribution is 0.238. The molecule has 0 spiro atoms. The van der Waals surface area contributed by atoms with Crippen molar-refractivity contribution in [2.24, 2.45) is 5.73 Å². The molecular weight excluding hydrogens is 284 g/mol. The fraction of sp³-hybridized carbons (Fsp3) is 0.200. The number of nitrogens with two attached hydrogens (primary N) is 1. The largest absolute Gasteiger partial charge is 0.508 e. The van der Waals surface area contributed by atoms with E-state index in [1.165, 1.54) is 5.56 Å². The number of phenols is 1. The normalized spacial score (nSPS) is 12.7. The number of aromatic hydroxyl groups is 1. The van der Waals surface area contributed by atoms with Crippen LogP contribution in [0.25, 0.3) is 10.8 Å². The maximum Gasteiger partial charge on any atom is 0.121 e. The number of likely N-dealkylation sites (N-methyl/N-ethyl adjacent to an activating group) is 1. The molecule has 3 aromatic carbocycles. The fourth-order valence-electron chi connectivity index (χ4n) is 3.13. The summed E-state index contributed by atoms with van der Waals surface area (Å²) in [6.07, 6.45) is 0. The molecule has 0 aliphatic rings. The molecule has 3 rings (SSSR count). The minimum absolute atomic E-state index is 0.0405. The molecule has 0 fully saturated rings. The van der Waals surface area contributed by atoms with Crippen molar-refractivity contribution in [1.29, 1.82) is 0 Å². The van der Waals surface area contributed by atoms with E-state index in [9.17, 15) is 5.11 Å². The predicted octanol–water partition coefficient (Wildman–Crippen LogP) is 3.68. The number of nitrogens with zero attached hydrogens (tertiary/aromatic N) is 1. The van der Waals surface area contributed by atoms with E-state index in [4.69, 9.17) is 5.73 Å². The van der Waals surface area contributed by atoms with Gasteiger partial charge in [-0.2, -0.15) is 0 Å². The standard InChI is InChI=1S/C20H22N2O/c1-22(14-15-7-3-2-4-8-15)18(13-21)20-17-10-6-5-9-16(17)11-12-19(20)23/h2-12,18,23H,13-14,21H2,1H3. The van der Waals surface area contributed by atoms with Crippen molar-refractivity contribution in [1.82, 2.24) is 4.90 Å². The molecule has 3 N–H and O–H groups in total. The molecule has 0 aliphatic carbocycles. The molecule has 0 aliphatic heterocycles. The van der Waals surface area contributed by atoms with Crippen molar-refractivity contribution in [2.75, 3.05) is 13.6 Å². The van der Waals surface area contributed by atoms with Crippen molar-refractivity contribution in [2.45, 2.75) is 12.6 Å². The molecule has 3 aromatic rings. The Bertz CT molecular complexity index is 786. The first-order chi connectivity index (χ1) is 11.2. The number of hydrogen-bond acceptors (Lipinski definition) is 3. The highest BCUT2D eigenvalue weighted by molar-refractivity contribution is 5.88. The second-order valence-corrected chi connectivity index (χ2v) is 5.87. The number of rotatable bonds is 5. The summed E-state index contributed by atoms with van der Waals surface area (Å²) in [6.45, 7) is 1.23. The summed E-state index contributed by atoms with van der Waals surface area (Å²) in [5.74, 6) is 0.305. The maximum atomic E-state index is 10.4. The molecule has 0 heterocycles. The van der Waals surface area contributed by atoms with E-state index in [2.05, 4.69) is 23.1 Å². The van der Waals surface area contributed by atoms with Gasteiger partial charge in [0.25, 0.3) is 0 Å². The van der Waals surface area contributed by atoms with Gasteiger partial charge >= 0.3 is 0 Å². The highest BCUT2D eigenvalue weighted by Gasteiger charge is 2.21. The lowest BCUT2D eigenvalue weighted by Gasteiger charge is -2.29. The predicted molar refractivity (Wildman–Crippen MR) is 95.3 cm³/mol. The summed E-state index contributed by atoms with van der Waals surface area (Å²) in [7, 11) is 2.05. The van der Waals surface area contributed by atoms with Crippen LogP contribution in [0, 0.1) is 0 Å². The van der Waals surface area contributed by atoms with Gasteiger partial charge in [-0.05, 0) is 29.4 Å². The summed E-state index contributed by atoms with van der Waals surface area (Å²) >= 11 is 0. The molecule has 0 bridgehead atoms. The van der Waals surface area contributed by atoms with E-state index in [-0.39, 0.29) is 6.04 Å². The molecular formula is C20H22N2O. The van der Waals surface area contributed by atoms with Gasteiger partial charge in [-0.1, -0.05) is 60.7 Å². The van der Waals surface area contributed by atoms with E-state index < -0.39 is 0 Å². The van der Waals surface area contributed by atoms with Crippen molar-refractivity contribution >= 4 is 10.8 Å². The minimum Gasteiger partial charge on any atom is -0.508 e. The third-order valence-corrected chi connectivity index (χ3v) is 4.31. The van der Waals surface area contributed by atoms with Gasteiger partial charge in [-0.3, -0.25) is 4.90 Å². The quantitative estimate of drug-likeness (QED) is 0.756. The summed E-state index contributed by atoms with van der Waals surface area (Å²) < 4.78 is 0. The van der Waals surface area contributed by atoms with Crippen LogP contribution in [0.5, 0.6) is 5.75 Å². The van der Waals surface area contributed by atoms with E-state index in [1.807, 2.05) is 49.5 Å². The Kier molecular flexibility index (Phi) is 4.60. The third-order valence-electron chi connectivity index (χ3n) is 4.31. The second kappa shape index (κ2) is 6.82. The van der Waals surface area contributed by atoms with Crippen LogP contribution in [0.2, 0.25) is 0 Å². The maximum absolute atomic E-state index is 10.4. The van der Waals surface area contributed by atoms with Crippen LogP contribution in [-0.4, -0.2) is 23.6 Å². The molecule has 0 aromatic heterocycles. The average Bonchev–Trinajstić information content (AvgIpc) is 2.58. The van der Waals surface area contributed by atoms with Crippen LogP contribution in [0.3, 0.4) is 0 Å². The molecule has 3 heteroatoms. The Morgan fingerprint density at radius 1 is 0.957 bits per heavy atom. The molecule has 0 saturated heterocycles. The third kappa shape index (κ3) is 3.21. The Hall–Kier alpha value is -2.36. The average molecular weight is 306 g/mol. The smallest absolute Gasteiger partial charge is 0.121 e. The molecule has 3 nitrogen and oxygen atoms in total. The second-order valence-electron chi connectivity index (χ2n) is 5.87. The monoisotopic (exact) mass is 306 g/mol. The van der Waals surface area contributed by atoms with Crippen molar-refractivity contribution in [3.63, 3.8) is 0 Å². The Balaban J connectivity index is 1.99. The van der Waals surface area contributed by atoms with Gasteiger partial charge in [0, 0.05) is 18.7 Å². The lowest BCUT2D eigenvalue weighted by atomic mass is 9.96. The highest BCUT2D eigenvalue weighted by atomic mass is 16.3. The van der Waals surface area contributed by atoms with Gasteiger partial charge in [0.2, 0.25) is 0 Å². The first-order valence-electron chi connectivity index (χ1n) is 7.85. The summed E-state index contributed by atoms with van der Waals surface area (Å²) in [6, 6.07) is 22.1. The van der Waals surface area contributed by atoms with Gasteiger partial charge in [-0.25, -0.2) is 0 Å². The van der Waals surface area contributed by atoms with Gasteiger partial charge in [0.05, 0.1) is 6.04 Å². The SMILES string of the molecule is CN(Cc1ccccc1)C(CN)c1c(O)ccc2ccccc12. The summed E-state index contributed by atoms with van der Waals surface area (Å²) in [5, 5.41) is 12.6. The first kappa shape index (κ1) is 15.5. The number of phenolic OH excluding ortho intramolecular Hbond substituents is 1. The number of fused-ring (bicyclic) bond motifs is 1. The van der Waals surface area contributed by atoms with E-state index >= 15 is 0 Å². The van der Waals surface area contributed by atoms with Gasteiger partial charge in [-0.15, -0.1) is 0 Å².